The van der Waals surface area contributed by atoms with Crippen LogP contribution in [-0.2, 0) is 6.61 Å². The van der Waals surface area contributed by atoms with Crippen LogP contribution in [0.25, 0.3) is 11.1 Å². The molecule has 0 aliphatic heterocycles. The van der Waals surface area contributed by atoms with E-state index in [4.69, 9.17) is 9.47 Å². The number of hydrogen-bond donors (Lipinski definition) is 1. The van der Waals surface area contributed by atoms with E-state index >= 15 is 0 Å². The lowest BCUT2D eigenvalue weighted by molar-refractivity contribution is 0.282. The van der Waals surface area contributed by atoms with Crippen molar-refractivity contribution in [2.24, 2.45) is 0 Å². The minimum absolute atomic E-state index is 0.00531. The summed E-state index contributed by atoms with van der Waals surface area (Å²) in [5.41, 5.74) is 2.79. The molecule has 0 radical (unpaired) electrons. The first-order chi connectivity index (χ1) is 8.80. The van der Waals surface area contributed by atoms with Gasteiger partial charge in [-0.25, -0.2) is 0 Å². The fraction of sp³-hybridized carbons (Fsp3) is 0.200. The molecule has 0 spiro atoms. The van der Waals surface area contributed by atoms with Gasteiger partial charge in [0.25, 0.3) is 0 Å². The van der Waals surface area contributed by atoms with Crippen LogP contribution in [0, 0.1) is 0 Å². The van der Waals surface area contributed by atoms with E-state index in [2.05, 4.69) is 0 Å². The number of aliphatic hydroxyl groups excluding tert-OH is 1. The van der Waals surface area contributed by atoms with Gasteiger partial charge in [0, 0.05) is 11.6 Å². The SMILES string of the molecule is COc1ccc(-c2ccccc2CO)c(OC)c1. The molecule has 0 saturated carbocycles. The van der Waals surface area contributed by atoms with E-state index < -0.39 is 0 Å². The second kappa shape index (κ2) is 5.56. The highest BCUT2D eigenvalue weighted by molar-refractivity contribution is 5.74. The van der Waals surface area contributed by atoms with Gasteiger partial charge in [-0.3, -0.25) is 0 Å². The van der Waals surface area contributed by atoms with E-state index in [0.717, 1.165) is 28.2 Å². The van der Waals surface area contributed by atoms with Gasteiger partial charge in [-0.2, -0.15) is 0 Å². The topological polar surface area (TPSA) is 38.7 Å². The molecule has 0 amide bonds. The number of benzene rings is 2. The molecule has 0 unspecified atom stereocenters. The number of aliphatic hydroxyl groups is 1. The first-order valence-corrected chi connectivity index (χ1v) is 5.71. The number of methoxy groups -OCH3 is 2. The van der Waals surface area contributed by atoms with Crippen LogP contribution in [0.3, 0.4) is 0 Å². The molecular formula is C15H16O3. The Morgan fingerprint density at radius 3 is 2.39 bits per heavy atom. The monoisotopic (exact) mass is 244 g/mol. The van der Waals surface area contributed by atoms with E-state index in [-0.39, 0.29) is 6.61 Å². The Hall–Kier alpha value is -2.00. The van der Waals surface area contributed by atoms with Crippen LogP contribution >= 0.6 is 0 Å². The molecule has 0 saturated heterocycles. The quantitative estimate of drug-likeness (QED) is 0.898. The lowest BCUT2D eigenvalue weighted by Crippen LogP contribution is -1.93. The predicted octanol–water partition coefficient (Wildman–Crippen LogP) is 2.86. The van der Waals surface area contributed by atoms with Gasteiger partial charge in [0.2, 0.25) is 0 Å². The lowest BCUT2D eigenvalue weighted by atomic mass is 9.99. The Bertz CT molecular complexity index is 535. The number of ether oxygens (including phenoxy) is 2. The second-order valence-corrected chi connectivity index (χ2v) is 3.88. The lowest BCUT2D eigenvalue weighted by Gasteiger charge is -2.13. The molecule has 3 heteroatoms. The minimum Gasteiger partial charge on any atom is -0.497 e. The summed E-state index contributed by atoms with van der Waals surface area (Å²) in [5, 5.41) is 9.38. The molecule has 18 heavy (non-hydrogen) atoms. The highest BCUT2D eigenvalue weighted by Gasteiger charge is 2.10. The third kappa shape index (κ3) is 2.31. The molecule has 0 bridgehead atoms. The fourth-order valence-electron chi connectivity index (χ4n) is 1.94. The first-order valence-electron chi connectivity index (χ1n) is 5.71. The average Bonchev–Trinajstić information content (AvgIpc) is 2.46. The van der Waals surface area contributed by atoms with E-state index in [9.17, 15) is 5.11 Å². The van der Waals surface area contributed by atoms with E-state index in [1.165, 1.54) is 0 Å². The van der Waals surface area contributed by atoms with Crippen molar-refractivity contribution in [3.63, 3.8) is 0 Å². The maximum Gasteiger partial charge on any atom is 0.130 e. The van der Waals surface area contributed by atoms with Gasteiger partial charge < -0.3 is 14.6 Å². The minimum atomic E-state index is 0.00531. The molecule has 2 aromatic rings. The molecule has 0 heterocycles. The highest BCUT2D eigenvalue weighted by Crippen LogP contribution is 2.35. The van der Waals surface area contributed by atoms with Crippen molar-refractivity contribution in [1.82, 2.24) is 0 Å². The fourth-order valence-corrected chi connectivity index (χ4v) is 1.94. The Morgan fingerprint density at radius 2 is 1.72 bits per heavy atom. The average molecular weight is 244 g/mol. The number of hydrogen-bond acceptors (Lipinski definition) is 3. The van der Waals surface area contributed by atoms with Crippen molar-refractivity contribution in [2.75, 3.05) is 14.2 Å². The molecule has 2 rings (SSSR count). The van der Waals surface area contributed by atoms with Crippen molar-refractivity contribution < 1.29 is 14.6 Å². The summed E-state index contributed by atoms with van der Waals surface area (Å²) in [6, 6.07) is 13.4. The summed E-state index contributed by atoms with van der Waals surface area (Å²) in [7, 11) is 3.25. The third-order valence-electron chi connectivity index (χ3n) is 2.89. The smallest absolute Gasteiger partial charge is 0.130 e. The van der Waals surface area contributed by atoms with Crippen molar-refractivity contribution >= 4 is 0 Å². The van der Waals surface area contributed by atoms with Gasteiger partial charge in [-0.15, -0.1) is 0 Å². The normalized spacial score (nSPS) is 10.2. The van der Waals surface area contributed by atoms with Crippen LogP contribution in [0.5, 0.6) is 11.5 Å². The van der Waals surface area contributed by atoms with Crippen molar-refractivity contribution in [3.05, 3.63) is 48.0 Å². The third-order valence-corrected chi connectivity index (χ3v) is 2.89. The summed E-state index contributed by atoms with van der Waals surface area (Å²) in [4.78, 5) is 0. The molecule has 0 fully saturated rings. The first kappa shape index (κ1) is 12.5. The van der Waals surface area contributed by atoms with Gasteiger partial charge in [0.1, 0.15) is 11.5 Å². The van der Waals surface area contributed by atoms with Gasteiger partial charge in [-0.05, 0) is 23.3 Å². The van der Waals surface area contributed by atoms with Crippen molar-refractivity contribution in [2.45, 2.75) is 6.61 Å². The zero-order valence-corrected chi connectivity index (χ0v) is 10.5. The zero-order valence-electron chi connectivity index (χ0n) is 10.5. The van der Waals surface area contributed by atoms with Crippen LogP contribution in [-0.4, -0.2) is 19.3 Å². The maximum atomic E-state index is 9.38. The molecule has 2 aromatic carbocycles. The van der Waals surface area contributed by atoms with E-state index in [1.807, 2.05) is 42.5 Å². The summed E-state index contributed by atoms with van der Waals surface area (Å²) in [6.45, 7) is 0.00531. The molecule has 0 aromatic heterocycles. The summed E-state index contributed by atoms with van der Waals surface area (Å²) >= 11 is 0. The molecular weight excluding hydrogens is 228 g/mol. The predicted molar refractivity (Wildman–Crippen MR) is 70.9 cm³/mol. The molecule has 1 N–H and O–H groups in total. The largest absolute Gasteiger partial charge is 0.497 e. The molecule has 94 valence electrons. The summed E-state index contributed by atoms with van der Waals surface area (Å²) in [6.07, 6.45) is 0. The standard InChI is InChI=1S/C15H16O3/c1-17-12-7-8-14(15(9-12)18-2)13-6-4-3-5-11(13)10-16/h3-9,16H,10H2,1-2H3. The van der Waals surface area contributed by atoms with Crippen molar-refractivity contribution in [1.29, 1.82) is 0 Å². The van der Waals surface area contributed by atoms with Crippen LogP contribution in [0.4, 0.5) is 0 Å². The van der Waals surface area contributed by atoms with Crippen LogP contribution < -0.4 is 9.47 Å². The second-order valence-electron chi connectivity index (χ2n) is 3.88. The summed E-state index contributed by atoms with van der Waals surface area (Å²) < 4.78 is 10.6. The Morgan fingerprint density at radius 1 is 0.944 bits per heavy atom. The van der Waals surface area contributed by atoms with Gasteiger partial charge in [0.05, 0.1) is 20.8 Å². The Balaban J connectivity index is 2.56. The zero-order chi connectivity index (χ0) is 13.0. The van der Waals surface area contributed by atoms with Gasteiger partial charge >= 0.3 is 0 Å². The molecule has 3 nitrogen and oxygen atoms in total. The van der Waals surface area contributed by atoms with Crippen LogP contribution in [0.1, 0.15) is 5.56 Å². The highest BCUT2D eigenvalue weighted by atomic mass is 16.5. The van der Waals surface area contributed by atoms with E-state index in [0.29, 0.717) is 0 Å². The molecule has 0 aliphatic rings. The van der Waals surface area contributed by atoms with Gasteiger partial charge in [-0.1, -0.05) is 24.3 Å². The maximum absolute atomic E-state index is 9.38. The van der Waals surface area contributed by atoms with Crippen LogP contribution in [0.2, 0.25) is 0 Å². The Labute approximate surface area is 107 Å². The van der Waals surface area contributed by atoms with E-state index in [1.54, 1.807) is 14.2 Å². The Kier molecular flexibility index (Phi) is 3.85. The van der Waals surface area contributed by atoms with Crippen LogP contribution in [0.15, 0.2) is 42.5 Å². The molecule has 0 atom stereocenters. The number of rotatable bonds is 4. The van der Waals surface area contributed by atoms with Gasteiger partial charge in [0.15, 0.2) is 0 Å². The molecule has 0 aliphatic carbocycles. The van der Waals surface area contributed by atoms with Crippen molar-refractivity contribution in [3.8, 4) is 22.6 Å². The summed E-state index contributed by atoms with van der Waals surface area (Å²) in [5.74, 6) is 1.48.